The van der Waals surface area contributed by atoms with Gasteiger partial charge >= 0.3 is 0 Å². The highest BCUT2D eigenvalue weighted by molar-refractivity contribution is 6.29. The molecule has 0 atom stereocenters. The maximum atomic E-state index is 13.6. The molecule has 1 aromatic carbocycles. The number of nitrogens with zero attached hydrogens (tertiary/aromatic N) is 2. The topological polar surface area (TPSA) is 53.1 Å². The first-order valence-corrected chi connectivity index (χ1v) is 5.87. The number of nitrogens with two attached hydrogens (primary N) is 1. The molecular formula is C12H12ClF2N3O. The summed E-state index contributed by atoms with van der Waals surface area (Å²) in [6.45, 7) is -0.0257. The first-order valence-electron chi connectivity index (χ1n) is 5.49. The van der Waals surface area contributed by atoms with Crippen molar-refractivity contribution in [2.24, 2.45) is 12.8 Å². The van der Waals surface area contributed by atoms with Crippen LogP contribution < -0.4 is 10.5 Å². The number of hydrogen-bond acceptors (Lipinski definition) is 3. The monoisotopic (exact) mass is 287 g/mol. The fraction of sp³-hybridized carbons (Fsp3) is 0.250. The summed E-state index contributed by atoms with van der Waals surface area (Å²) < 4.78 is 33.9. The number of benzene rings is 1. The molecule has 0 amide bonds. The zero-order valence-corrected chi connectivity index (χ0v) is 10.9. The third-order valence-corrected chi connectivity index (χ3v) is 3.02. The third kappa shape index (κ3) is 2.85. The van der Waals surface area contributed by atoms with Crippen molar-refractivity contribution in [3.8, 4) is 5.75 Å². The molecule has 0 radical (unpaired) electrons. The van der Waals surface area contributed by atoms with E-state index in [4.69, 9.17) is 22.1 Å². The van der Waals surface area contributed by atoms with Crippen LogP contribution in [0.5, 0.6) is 5.75 Å². The van der Waals surface area contributed by atoms with E-state index in [0.29, 0.717) is 16.5 Å². The molecule has 0 aliphatic rings. The Labute approximate surface area is 113 Å². The molecular weight excluding hydrogens is 276 g/mol. The van der Waals surface area contributed by atoms with Gasteiger partial charge < -0.3 is 15.0 Å². The minimum Gasteiger partial charge on any atom is -0.480 e. The Bertz CT molecular complexity index is 578. The van der Waals surface area contributed by atoms with Crippen LogP contribution in [-0.2, 0) is 20.2 Å². The molecule has 0 aliphatic carbocycles. The molecule has 0 aliphatic heterocycles. The zero-order valence-electron chi connectivity index (χ0n) is 10.2. The molecule has 0 bridgehead atoms. The van der Waals surface area contributed by atoms with E-state index < -0.39 is 17.4 Å². The molecule has 0 saturated heterocycles. The molecule has 0 saturated carbocycles. The Morgan fingerprint density at radius 3 is 2.47 bits per heavy atom. The van der Waals surface area contributed by atoms with Crippen LogP contribution in [0.15, 0.2) is 18.3 Å². The van der Waals surface area contributed by atoms with Gasteiger partial charge in [0.25, 0.3) is 0 Å². The highest BCUT2D eigenvalue weighted by atomic mass is 35.5. The minimum absolute atomic E-state index is 0.0586. The van der Waals surface area contributed by atoms with Gasteiger partial charge in [-0.05, 0) is 17.7 Å². The van der Waals surface area contributed by atoms with E-state index in [1.165, 1.54) is 6.20 Å². The van der Waals surface area contributed by atoms with Gasteiger partial charge in [0.1, 0.15) is 17.6 Å². The fourth-order valence-corrected chi connectivity index (χ4v) is 1.71. The summed E-state index contributed by atoms with van der Waals surface area (Å²) in [4.78, 5) is 3.96. The fourth-order valence-electron chi connectivity index (χ4n) is 1.56. The Morgan fingerprint density at radius 1 is 1.37 bits per heavy atom. The van der Waals surface area contributed by atoms with Crippen molar-refractivity contribution in [3.05, 3.63) is 46.5 Å². The Kier molecular flexibility index (Phi) is 4.01. The summed E-state index contributed by atoms with van der Waals surface area (Å²) in [7, 11) is 1.68. The maximum Gasteiger partial charge on any atom is 0.191 e. The van der Waals surface area contributed by atoms with Crippen LogP contribution in [0.2, 0.25) is 5.15 Å². The predicted octanol–water partition coefficient (Wildman–Crippen LogP) is 2.39. The van der Waals surface area contributed by atoms with Crippen molar-refractivity contribution in [3.63, 3.8) is 0 Å². The molecule has 1 heterocycles. The molecule has 2 rings (SSSR count). The van der Waals surface area contributed by atoms with Crippen LogP contribution in [0.3, 0.4) is 0 Å². The highest BCUT2D eigenvalue weighted by Gasteiger charge is 2.14. The second-order valence-corrected chi connectivity index (χ2v) is 4.32. The number of imidazole rings is 1. The number of aromatic nitrogens is 2. The van der Waals surface area contributed by atoms with Gasteiger partial charge in [0, 0.05) is 13.6 Å². The zero-order chi connectivity index (χ0) is 14.0. The van der Waals surface area contributed by atoms with E-state index in [1.54, 1.807) is 11.6 Å². The Morgan fingerprint density at radius 2 is 2.00 bits per heavy atom. The third-order valence-electron chi connectivity index (χ3n) is 2.67. The van der Waals surface area contributed by atoms with Crippen molar-refractivity contribution >= 4 is 11.6 Å². The molecule has 2 N–H and O–H groups in total. The summed E-state index contributed by atoms with van der Waals surface area (Å²) in [5.41, 5.74) is 5.69. The van der Waals surface area contributed by atoms with E-state index in [1.807, 2.05) is 0 Å². The van der Waals surface area contributed by atoms with Gasteiger partial charge in [-0.2, -0.15) is 0 Å². The van der Waals surface area contributed by atoms with Crippen LogP contribution in [0.25, 0.3) is 0 Å². The summed E-state index contributed by atoms with van der Waals surface area (Å²) in [6, 6.07) is 2.29. The SMILES string of the molecule is Cn1c(Cl)cnc1COc1c(F)cc(CN)cc1F. The number of ether oxygens (including phenoxy) is 1. The van der Waals surface area contributed by atoms with E-state index in [9.17, 15) is 8.78 Å². The smallest absolute Gasteiger partial charge is 0.191 e. The lowest BCUT2D eigenvalue weighted by Gasteiger charge is -2.09. The van der Waals surface area contributed by atoms with Gasteiger partial charge in [0.15, 0.2) is 17.4 Å². The lowest BCUT2D eigenvalue weighted by molar-refractivity contribution is 0.262. The number of hydrogen-bond donors (Lipinski definition) is 1. The quantitative estimate of drug-likeness (QED) is 0.939. The van der Waals surface area contributed by atoms with Crippen molar-refractivity contribution in [1.29, 1.82) is 0 Å². The molecule has 7 heteroatoms. The van der Waals surface area contributed by atoms with Crippen molar-refractivity contribution in [2.45, 2.75) is 13.2 Å². The summed E-state index contributed by atoms with van der Waals surface area (Å²) in [5.74, 6) is -1.57. The first-order chi connectivity index (χ1) is 9.02. The molecule has 1 aromatic heterocycles. The van der Waals surface area contributed by atoms with E-state index in [0.717, 1.165) is 12.1 Å². The minimum atomic E-state index is -0.791. The molecule has 0 spiro atoms. The second kappa shape index (κ2) is 5.54. The first kappa shape index (κ1) is 13.8. The molecule has 19 heavy (non-hydrogen) atoms. The van der Waals surface area contributed by atoms with Crippen LogP contribution in [-0.4, -0.2) is 9.55 Å². The summed E-state index contributed by atoms with van der Waals surface area (Å²) in [6.07, 6.45) is 1.44. The van der Waals surface area contributed by atoms with Crippen LogP contribution in [0.1, 0.15) is 11.4 Å². The van der Waals surface area contributed by atoms with Crippen LogP contribution in [0.4, 0.5) is 8.78 Å². The van der Waals surface area contributed by atoms with Crippen LogP contribution >= 0.6 is 11.6 Å². The van der Waals surface area contributed by atoms with Gasteiger partial charge in [0.05, 0.1) is 6.20 Å². The Hall–Kier alpha value is -1.66. The average Bonchev–Trinajstić information content (AvgIpc) is 2.69. The number of halogens is 3. The van der Waals surface area contributed by atoms with Crippen molar-refractivity contribution < 1.29 is 13.5 Å². The lowest BCUT2D eigenvalue weighted by Crippen LogP contribution is -2.07. The normalized spacial score (nSPS) is 10.8. The maximum absolute atomic E-state index is 13.6. The van der Waals surface area contributed by atoms with Gasteiger partial charge in [-0.1, -0.05) is 11.6 Å². The van der Waals surface area contributed by atoms with E-state index in [2.05, 4.69) is 4.98 Å². The largest absolute Gasteiger partial charge is 0.480 e. The molecule has 0 fully saturated rings. The Balaban J connectivity index is 2.18. The highest BCUT2D eigenvalue weighted by Crippen LogP contribution is 2.24. The van der Waals surface area contributed by atoms with Crippen molar-refractivity contribution in [2.75, 3.05) is 0 Å². The average molecular weight is 288 g/mol. The summed E-state index contributed by atoms with van der Waals surface area (Å²) in [5, 5.41) is 0.415. The van der Waals surface area contributed by atoms with Crippen molar-refractivity contribution in [1.82, 2.24) is 9.55 Å². The van der Waals surface area contributed by atoms with Gasteiger partial charge in [-0.3, -0.25) is 0 Å². The summed E-state index contributed by atoms with van der Waals surface area (Å²) >= 11 is 5.80. The standard InChI is InChI=1S/C12H12ClF2N3O/c1-18-10(13)5-17-11(18)6-19-12-8(14)2-7(4-16)3-9(12)15/h2-3,5H,4,6,16H2,1H3. The predicted molar refractivity (Wildman–Crippen MR) is 66.8 cm³/mol. The second-order valence-electron chi connectivity index (χ2n) is 3.94. The molecule has 0 unspecified atom stereocenters. The van der Waals surface area contributed by atoms with Gasteiger partial charge in [-0.15, -0.1) is 0 Å². The van der Waals surface area contributed by atoms with E-state index in [-0.39, 0.29) is 13.2 Å². The molecule has 2 aromatic rings. The molecule has 102 valence electrons. The molecule has 4 nitrogen and oxygen atoms in total. The van der Waals surface area contributed by atoms with E-state index >= 15 is 0 Å². The van der Waals surface area contributed by atoms with Gasteiger partial charge in [0.2, 0.25) is 0 Å². The lowest BCUT2D eigenvalue weighted by atomic mass is 10.2. The number of rotatable bonds is 4. The van der Waals surface area contributed by atoms with Gasteiger partial charge in [-0.25, -0.2) is 13.8 Å². The van der Waals surface area contributed by atoms with Crippen LogP contribution in [0, 0.1) is 11.6 Å².